The van der Waals surface area contributed by atoms with E-state index in [4.69, 9.17) is 4.74 Å². The third kappa shape index (κ3) is 3.29. The fourth-order valence-electron chi connectivity index (χ4n) is 1.77. The van der Waals surface area contributed by atoms with Gasteiger partial charge >= 0.3 is 0 Å². The average molecular weight is 333 g/mol. The molecule has 0 amide bonds. The Labute approximate surface area is 110 Å². The summed E-state index contributed by atoms with van der Waals surface area (Å²) in [6, 6.07) is 5.93. The van der Waals surface area contributed by atoms with E-state index in [1.54, 1.807) is 7.11 Å². The summed E-state index contributed by atoms with van der Waals surface area (Å²) in [4.78, 5) is 6.85. The van der Waals surface area contributed by atoms with E-state index in [1.165, 1.54) is 0 Å². The predicted octanol–water partition coefficient (Wildman–Crippen LogP) is 1.56. The number of pyridine rings is 1. The van der Waals surface area contributed by atoms with Crippen molar-refractivity contribution in [3.63, 3.8) is 0 Å². The first-order valence-electron chi connectivity index (χ1n) is 5.41. The lowest BCUT2D eigenvalue weighted by molar-refractivity contribution is 0.196. The topological polar surface area (TPSA) is 28.6 Å². The van der Waals surface area contributed by atoms with Crippen molar-refractivity contribution < 1.29 is 4.74 Å². The predicted molar refractivity (Wildman–Crippen MR) is 71.7 cm³/mol. The fourth-order valence-corrected chi connectivity index (χ4v) is 2.20. The van der Waals surface area contributed by atoms with E-state index in [9.17, 15) is 0 Å². The van der Waals surface area contributed by atoms with Gasteiger partial charge in [0.15, 0.2) is 0 Å². The average Bonchev–Trinajstić information content (AvgIpc) is 2.32. The van der Waals surface area contributed by atoms with Gasteiger partial charge in [-0.05, 0) is 6.07 Å². The normalized spacial score (nSPS) is 18.6. The third-order valence-corrected chi connectivity index (χ3v) is 3.66. The molecule has 1 saturated heterocycles. The minimum absolute atomic E-state index is 0.699. The van der Waals surface area contributed by atoms with Crippen molar-refractivity contribution >= 4 is 22.9 Å². The van der Waals surface area contributed by atoms with Gasteiger partial charge in [0.05, 0.1) is 12.8 Å². The van der Waals surface area contributed by atoms with Crippen molar-refractivity contribution in [1.29, 1.82) is 0 Å². The van der Waals surface area contributed by atoms with Gasteiger partial charge in [0, 0.05) is 61.7 Å². The van der Waals surface area contributed by atoms with Crippen LogP contribution in [0.2, 0.25) is 0 Å². The van der Waals surface area contributed by atoms with E-state index in [1.807, 2.05) is 12.1 Å². The van der Waals surface area contributed by atoms with Crippen LogP contribution in [0, 0.1) is 0 Å². The van der Waals surface area contributed by atoms with Gasteiger partial charge in [0.1, 0.15) is 0 Å². The molecule has 4 nitrogen and oxygen atoms in total. The van der Waals surface area contributed by atoms with E-state index in [-0.39, 0.29) is 0 Å². The Morgan fingerprint density at radius 1 is 1.31 bits per heavy atom. The number of halogens is 1. The van der Waals surface area contributed by atoms with Crippen LogP contribution in [0.25, 0.3) is 0 Å². The summed E-state index contributed by atoms with van der Waals surface area (Å²) in [5.74, 6) is 0.699. The minimum atomic E-state index is 0.699. The molecule has 0 spiro atoms. The summed E-state index contributed by atoms with van der Waals surface area (Å²) >= 11 is 2.38. The smallest absolute Gasteiger partial charge is 0.213 e. The maximum atomic E-state index is 5.12. The van der Waals surface area contributed by atoms with Gasteiger partial charge < -0.3 is 4.74 Å². The molecule has 0 saturated carbocycles. The van der Waals surface area contributed by atoms with Gasteiger partial charge in [0.2, 0.25) is 5.88 Å². The molecule has 2 rings (SSSR count). The molecule has 0 aromatic carbocycles. The number of nitrogens with zero attached hydrogens (tertiary/aromatic N) is 3. The van der Waals surface area contributed by atoms with E-state index >= 15 is 0 Å². The van der Waals surface area contributed by atoms with Crippen LogP contribution in [-0.4, -0.2) is 46.3 Å². The van der Waals surface area contributed by atoms with Gasteiger partial charge in [0.25, 0.3) is 0 Å². The highest BCUT2D eigenvalue weighted by molar-refractivity contribution is 14.1. The lowest BCUT2D eigenvalue weighted by Crippen LogP contribution is -2.41. The molecule has 1 aromatic heterocycles. The van der Waals surface area contributed by atoms with Crippen LogP contribution in [0.3, 0.4) is 0 Å². The lowest BCUT2D eigenvalue weighted by atomic mass is 10.3. The molecule has 1 aliphatic rings. The molecule has 1 aliphatic heterocycles. The number of rotatable bonds is 3. The highest BCUT2D eigenvalue weighted by atomic mass is 127. The summed E-state index contributed by atoms with van der Waals surface area (Å²) in [6.45, 7) is 5.40. The number of ether oxygens (including phenoxy) is 1. The second-order valence-corrected chi connectivity index (χ2v) is 5.22. The first-order chi connectivity index (χ1) is 7.78. The second kappa shape index (κ2) is 5.79. The Morgan fingerprint density at radius 3 is 2.75 bits per heavy atom. The zero-order valence-electron chi connectivity index (χ0n) is 9.40. The molecule has 16 heavy (non-hydrogen) atoms. The molecular formula is C11H16IN3O. The summed E-state index contributed by atoms with van der Waals surface area (Å²) in [7, 11) is 1.65. The molecule has 2 heterocycles. The minimum Gasteiger partial charge on any atom is -0.481 e. The first-order valence-corrected chi connectivity index (χ1v) is 6.37. The third-order valence-electron chi connectivity index (χ3n) is 2.69. The number of piperazine rings is 1. The Bertz CT molecular complexity index is 340. The number of aromatic nitrogens is 1. The van der Waals surface area contributed by atoms with Crippen molar-refractivity contribution in [1.82, 2.24) is 13.0 Å². The first kappa shape index (κ1) is 12.1. The molecule has 0 bridgehead atoms. The Balaban J connectivity index is 1.93. The van der Waals surface area contributed by atoms with Crippen LogP contribution in [0.15, 0.2) is 18.2 Å². The largest absolute Gasteiger partial charge is 0.481 e. The van der Waals surface area contributed by atoms with Crippen LogP contribution in [0.5, 0.6) is 5.88 Å². The maximum Gasteiger partial charge on any atom is 0.213 e. The molecule has 0 N–H and O–H groups in total. The van der Waals surface area contributed by atoms with E-state index < -0.39 is 0 Å². The number of hydrogen-bond donors (Lipinski definition) is 0. The summed E-state index contributed by atoms with van der Waals surface area (Å²) in [5, 5.41) is 0. The highest BCUT2D eigenvalue weighted by Crippen LogP contribution is 2.12. The molecule has 0 aliphatic carbocycles. The van der Waals surface area contributed by atoms with E-state index in [0.717, 1.165) is 38.4 Å². The van der Waals surface area contributed by atoms with Crippen LogP contribution in [0.1, 0.15) is 5.69 Å². The molecular weight excluding hydrogens is 317 g/mol. The zero-order valence-corrected chi connectivity index (χ0v) is 11.6. The van der Waals surface area contributed by atoms with Crippen LogP contribution < -0.4 is 4.74 Å². The van der Waals surface area contributed by atoms with E-state index in [0.29, 0.717) is 5.88 Å². The van der Waals surface area contributed by atoms with Crippen LogP contribution in [-0.2, 0) is 6.54 Å². The number of hydrogen-bond acceptors (Lipinski definition) is 4. The van der Waals surface area contributed by atoms with Crippen molar-refractivity contribution in [2.24, 2.45) is 0 Å². The van der Waals surface area contributed by atoms with Gasteiger partial charge in [-0.1, -0.05) is 6.07 Å². The molecule has 0 atom stereocenters. The van der Waals surface area contributed by atoms with Gasteiger partial charge in [-0.3, -0.25) is 4.90 Å². The molecule has 88 valence electrons. The fraction of sp³-hybridized carbons (Fsp3) is 0.545. The van der Waals surface area contributed by atoms with Gasteiger partial charge in [-0.25, -0.2) is 8.10 Å². The second-order valence-electron chi connectivity index (χ2n) is 3.86. The Morgan fingerprint density at radius 2 is 2.06 bits per heavy atom. The number of methoxy groups -OCH3 is 1. The van der Waals surface area contributed by atoms with Crippen molar-refractivity contribution in [2.45, 2.75) is 6.54 Å². The summed E-state index contributed by atoms with van der Waals surface area (Å²) < 4.78 is 7.45. The highest BCUT2D eigenvalue weighted by Gasteiger charge is 2.15. The summed E-state index contributed by atoms with van der Waals surface area (Å²) in [6.07, 6.45) is 0. The van der Waals surface area contributed by atoms with E-state index in [2.05, 4.69) is 41.9 Å². The summed E-state index contributed by atoms with van der Waals surface area (Å²) in [5.41, 5.74) is 1.08. The molecule has 0 unspecified atom stereocenters. The maximum absolute atomic E-state index is 5.12. The van der Waals surface area contributed by atoms with Crippen molar-refractivity contribution in [3.05, 3.63) is 23.9 Å². The SMILES string of the molecule is COc1cccc(CN2CCN(I)CC2)n1. The van der Waals surface area contributed by atoms with Crippen molar-refractivity contribution in [2.75, 3.05) is 33.3 Å². The molecule has 0 radical (unpaired) electrons. The van der Waals surface area contributed by atoms with Crippen LogP contribution in [0.4, 0.5) is 0 Å². The zero-order chi connectivity index (χ0) is 11.4. The Kier molecular flexibility index (Phi) is 4.37. The standard InChI is InChI=1S/C11H16IN3O/c1-16-11-4-2-3-10(13-11)9-14-5-7-15(12)8-6-14/h2-4H,5-9H2,1H3. The monoisotopic (exact) mass is 333 g/mol. The molecule has 1 aromatic rings. The Hall–Kier alpha value is -0.400. The lowest BCUT2D eigenvalue weighted by Gasteiger charge is -2.30. The molecule has 1 fully saturated rings. The van der Waals surface area contributed by atoms with Crippen LogP contribution >= 0.6 is 22.9 Å². The van der Waals surface area contributed by atoms with Crippen molar-refractivity contribution in [3.8, 4) is 5.88 Å². The quantitative estimate of drug-likeness (QED) is 0.620. The van der Waals surface area contributed by atoms with Gasteiger partial charge in [-0.15, -0.1) is 0 Å². The molecule has 5 heteroatoms. The van der Waals surface area contributed by atoms with Gasteiger partial charge in [-0.2, -0.15) is 0 Å².